The molecule has 0 bridgehead atoms. The highest BCUT2D eigenvalue weighted by Gasteiger charge is 2.13. The van der Waals surface area contributed by atoms with Gasteiger partial charge in [0.1, 0.15) is 11.5 Å². The van der Waals surface area contributed by atoms with Crippen molar-refractivity contribution in [1.82, 2.24) is 0 Å². The van der Waals surface area contributed by atoms with E-state index >= 15 is 0 Å². The fourth-order valence-corrected chi connectivity index (χ4v) is 1.78. The number of aliphatic carboxylic acids is 1. The number of hydrogen-bond donors (Lipinski definition) is 1. The summed E-state index contributed by atoms with van der Waals surface area (Å²) in [6, 6.07) is 15.5. The zero-order valence-electron chi connectivity index (χ0n) is 11.9. The predicted octanol–water partition coefficient (Wildman–Crippen LogP) is 2.80. The first kappa shape index (κ1) is 15.6. The highest BCUT2D eigenvalue weighted by molar-refractivity contribution is 6.39. The molecule has 2 aromatic carbocycles. The molecule has 114 valence electrons. The number of rotatable bonds is 8. The number of carboxylic acid groups (broad SMARTS) is 1. The molecule has 0 saturated carbocycles. The van der Waals surface area contributed by atoms with Gasteiger partial charge in [-0.1, -0.05) is 18.2 Å². The standard InChI is InChI=1S/C17H16O5/c18-16(17(19)20)13-7-9-15(10-8-13)22-12-4-11-21-14-5-2-1-3-6-14/h1-3,5-10H,4,11-12H2,(H,19,20). The number of ketones is 1. The van der Waals surface area contributed by atoms with Gasteiger partial charge in [-0.05, 0) is 36.4 Å². The summed E-state index contributed by atoms with van der Waals surface area (Å²) in [5, 5.41) is 8.60. The molecule has 0 aliphatic carbocycles. The topological polar surface area (TPSA) is 72.8 Å². The Hall–Kier alpha value is -2.82. The number of Topliss-reactive ketones (excluding diaryl/α,β-unsaturated/α-hetero) is 1. The van der Waals surface area contributed by atoms with Crippen LogP contribution in [-0.2, 0) is 4.79 Å². The lowest BCUT2D eigenvalue weighted by Crippen LogP contribution is -2.12. The van der Waals surface area contributed by atoms with Crippen LogP contribution >= 0.6 is 0 Å². The van der Waals surface area contributed by atoms with Crippen LogP contribution in [0, 0.1) is 0 Å². The van der Waals surface area contributed by atoms with Crippen molar-refractivity contribution < 1.29 is 24.2 Å². The second-order valence-corrected chi connectivity index (χ2v) is 4.52. The lowest BCUT2D eigenvalue weighted by molar-refractivity contribution is -0.131. The van der Waals surface area contributed by atoms with Gasteiger partial charge in [0.25, 0.3) is 5.78 Å². The molecule has 0 heterocycles. The van der Waals surface area contributed by atoms with Gasteiger partial charge >= 0.3 is 5.97 Å². The van der Waals surface area contributed by atoms with E-state index in [2.05, 4.69) is 0 Å². The lowest BCUT2D eigenvalue weighted by atomic mass is 10.1. The molecular formula is C17H16O5. The molecule has 0 aromatic heterocycles. The molecule has 5 heteroatoms. The molecule has 0 aliphatic rings. The van der Waals surface area contributed by atoms with E-state index in [1.54, 1.807) is 12.1 Å². The summed E-state index contributed by atoms with van der Waals surface area (Å²) in [5.74, 6) is -0.991. The zero-order chi connectivity index (χ0) is 15.8. The van der Waals surface area contributed by atoms with Crippen molar-refractivity contribution >= 4 is 11.8 Å². The SMILES string of the molecule is O=C(O)C(=O)c1ccc(OCCCOc2ccccc2)cc1. The summed E-state index contributed by atoms with van der Waals surface area (Å²) < 4.78 is 11.0. The second kappa shape index (κ2) is 7.83. The summed E-state index contributed by atoms with van der Waals surface area (Å²) >= 11 is 0. The van der Waals surface area contributed by atoms with Crippen LogP contribution in [0.5, 0.6) is 11.5 Å². The van der Waals surface area contributed by atoms with Crippen LogP contribution in [0.2, 0.25) is 0 Å². The van der Waals surface area contributed by atoms with Crippen molar-refractivity contribution in [2.24, 2.45) is 0 Å². The number of hydrogen-bond acceptors (Lipinski definition) is 4. The molecule has 0 atom stereocenters. The van der Waals surface area contributed by atoms with Gasteiger partial charge < -0.3 is 14.6 Å². The molecule has 0 spiro atoms. The van der Waals surface area contributed by atoms with Crippen molar-refractivity contribution in [3.05, 3.63) is 60.2 Å². The van der Waals surface area contributed by atoms with Crippen molar-refractivity contribution in [3.8, 4) is 11.5 Å². The first-order valence-corrected chi connectivity index (χ1v) is 6.85. The summed E-state index contributed by atoms with van der Waals surface area (Å²) in [6.07, 6.45) is 0.713. The molecule has 2 aromatic rings. The highest BCUT2D eigenvalue weighted by atomic mass is 16.5. The Morgan fingerprint density at radius 3 is 1.91 bits per heavy atom. The van der Waals surface area contributed by atoms with Gasteiger partial charge in [0.15, 0.2) is 0 Å². The number of ether oxygens (including phenoxy) is 2. The van der Waals surface area contributed by atoms with Gasteiger partial charge in [0.2, 0.25) is 0 Å². The van der Waals surface area contributed by atoms with Crippen LogP contribution in [0.25, 0.3) is 0 Å². The van der Waals surface area contributed by atoms with Gasteiger partial charge in [-0.25, -0.2) is 4.79 Å². The molecule has 0 amide bonds. The largest absolute Gasteiger partial charge is 0.493 e. The van der Waals surface area contributed by atoms with E-state index in [0.29, 0.717) is 25.4 Å². The summed E-state index contributed by atoms with van der Waals surface area (Å²) in [5.41, 5.74) is 0.132. The van der Waals surface area contributed by atoms with Crippen molar-refractivity contribution in [2.45, 2.75) is 6.42 Å². The Morgan fingerprint density at radius 1 is 0.818 bits per heavy atom. The minimum absolute atomic E-state index is 0.132. The van der Waals surface area contributed by atoms with E-state index in [0.717, 1.165) is 5.75 Å². The number of carboxylic acids is 1. The zero-order valence-corrected chi connectivity index (χ0v) is 11.9. The van der Waals surface area contributed by atoms with E-state index in [9.17, 15) is 9.59 Å². The number of benzene rings is 2. The van der Waals surface area contributed by atoms with Crippen LogP contribution in [-0.4, -0.2) is 30.1 Å². The number of carbonyl (C=O) groups excluding carboxylic acids is 1. The third kappa shape index (κ3) is 4.63. The van der Waals surface area contributed by atoms with Crippen LogP contribution in [0.1, 0.15) is 16.8 Å². The third-order valence-corrected chi connectivity index (χ3v) is 2.88. The first-order valence-electron chi connectivity index (χ1n) is 6.85. The normalized spacial score (nSPS) is 10.0. The molecule has 22 heavy (non-hydrogen) atoms. The first-order chi connectivity index (χ1) is 10.7. The van der Waals surface area contributed by atoms with Gasteiger partial charge in [-0.3, -0.25) is 4.79 Å². The summed E-state index contributed by atoms with van der Waals surface area (Å²) in [7, 11) is 0. The molecular weight excluding hydrogens is 284 g/mol. The van der Waals surface area contributed by atoms with Crippen LogP contribution in [0.15, 0.2) is 54.6 Å². The quantitative estimate of drug-likeness (QED) is 0.461. The summed E-state index contributed by atoms with van der Waals surface area (Å²) in [6.45, 7) is 1.01. The molecule has 0 radical (unpaired) electrons. The van der Waals surface area contributed by atoms with E-state index in [1.807, 2.05) is 30.3 Å². The van der Waals surface area contributed by atoms with E-state index in [-0.39, 0.29) is 5.56 Å². The lowest BCUT2D eigenvalue weighted by Gasteiger charge is -2.08. The Bertz CT molecular complexity index is 619. The van der Waals surface area contributed by atoms with Gasteiger partial charge in [-0.15, -0.1) is 0 Å². The fourth-order valence-electron chi connectivity index (χ4n) is 1.78. The Kier molecular flexibility index (Phi) is 5.54. The minimum atomic E-state index is -1.47. The number of para-hydroxylation sites is 1. The van der Waals surface area contributed by atoms with Crippen molar-refractivity contribution in [3.63, 3.8) is 0 Å². The fraction of sp³-hybridized carbons (Fsp3) is 0.176. The molecule has 5 nitrogen and oxygen atoms in total. The summed E-state index contributed by atoms with van der Waals surface area (Å²) in [4.78, 5) is 21.8. The Balaban J connectivity index is 1.71. The van der Waals surface area contributed by atoms with E-state index < -0.39 is 11.8 Å². The average Bonchev–Trinajstić information content (AvgIpc) is 2.55. The predicted molar refractivity (Wildman–Crippen MR) is 80.5 cm³/mol. The van der Waals surface area contributed by atoms with Gasteiger partial charge in [-0.2, -0.15) is 0 Å². The maximum absolute atomic E-state index is 11.2. The smallest absolute Gasteiger partial charge is 0.377 e. The van der Waals surface area contributed by atoms with Crippen molar-refractivity contribution in [2.75, 3.05) is 13.2 Å². The average molecular weight is 300 g/mol. The van der Waals surface area contributed by atoms with Crippen LogP contribution < -0.4 is 9.47 Å². The molecule has 2 rings (SSSR count). The van der Waals surface area contributed by atoms with Gasteiger partial charge in [0.05, 0.1) is 13.2 Å². The van der Waals surface area contributed by atoms with Gasteiger partial charge in [0, 0.05) is 12.0 Å². The molecule has 1 N–H and O–H groups in total. The van der Waals surface area contributed by atoms with E-state index in [1.165, 1.54) is 12.1 Å². The van der Waals surface area contributed by atoms with Crippen LogP contribution in [0.4, 0.5) is 0 Å². The molecule has 0 unspecified atom stereocenters. The Morgan fingerprint density at radius 2 is 1.36 bits per heavy atom. The maximum Gasteiger partial charge on any atom is 0.377 e. The van der Waals surface area contributed by atoms with Crippen molar-refractivity contribution in [1.29, 1.82) is 0 Å². The third-order valence-electron chi connectivity index (χ3n) is 2.88. The highest BCUT2D eigenvalue weighted by Crippen LogP contribution is 2.13. The number of carbonyl (C=O) groups is 2. The molecule has 0 aliphatic heterocycles. The molecule has 0 saturated heterocycles. The van der Waals surface area contributed by atoms with E-state index in [4.69, 9.17) is 14.6 Å². The molecule has 0 fully saturated rings. The second-order valence-electron chi connectivity index (χ2n) is 4.52. The Labute approximate surface area is 128 Å². The maximum atomic E-state index is 11.2. The van der Waals surface area contributed by atoms with Crippen LogP contribution in [0.3, 0.4) is 0 Å². The monoisotopic (exact) mass is 300 g/mol. The minimum Gasteiger partial charge on any atom is -0.493 e.